The molecule has 9 heteroatoms. The molecule has 0 bridgehead atoms. The molecule has 2 aromatic rings. The van der Waals surface area contributed by atoms with E-state index in [0.29, 0.717) is 25.7 Å². The first-order valence-corrected chi connectivity index (χ1v) is 15.1. The summed E-state index contributed by atoms with van der Waals surface area (Å²) >= 11 is 5.02. The minimum atomic E-state index is -0.969. The van der Waals surface area contributed by atoms with Crippen molar-refractivity contribution in [3.63, 3.8) is 0 Å². The summed E-state index contributed by atoms with van der Waals surface area (Å²) in [6.45, 7) is 4.51. The number of likely N-dealkylation sites (tertiary alicyclic amines) is 1. The quantitative estimate of drug-likeness (QED) is 0.215. The minimum absolute atomic E-state index is 0.0824. The minimum Gasteiger partial charge on any atom is -0.507 e. The third-order valence-corrected chi connectivity index (χ3v) is 9.61. The number of halogens is 1. The van der Waals surface area contributed by atoms with Gasteiger partial charge in [-0.05, 0) is 79.6 Å². The number of aromatic hydroxyl groups is 1. The molecule has 2 amide bonds. The first kappa shape index (κ1) is 27.4. The van der Waals surface area contributed by atoms with Gasteiger partial charge in [0.05, 0.1) is 24.5 Å². The fourth-order valence-electron chi connectivity index (χ4n) is 6.41. The molecule has 2 aliphatic heterocycles. The predicted octanol–water partition coefficient (Wildman–Crippen LogP) is 6.20. The second-order valence-electron chi connectivity index (χ2n) is 10.4. The van der Waals surface area contributed by atoms with Crippen LogP contribution in [0.15, 0.2) is 56.9 Å². The zero-order valence-electron chi connectivity index (χ0n) is 21.7. The summed E-state index contributed by atoms with van der Waals surface area (Å²) in [5, 5.41) is 23.0. The van der Waals surface area contributed by atoms with Gasteiger partial charge in [0.25, 0.3) is 0 Å². The topological polar surface area (TPSA) is 87.1 Å². The van der Waals surface area contributed by atoms with Gasteiger partial charge in [0.15, 0.2) is 0 Å². The highest BCUT2D eigenvalue weighted by Gasteiger charge is 2.57. The van der Waals surface area contributed by atoms with Gasteiger partial charge in [-0.2, -0.15) is 0 Å². The normalized spacial score (nSPS) is 25.7. The monoisotopic (exact) mass is 597 g/mol. The zero-order chi connectivity index (χ0) is 27.0. The Morgan fingerprint density at radius 2 is 2.05 bits per heavy atom. The maximum Gasteiger partial charge on any atom is 0.455 e. The molecule has 3 heterocycles. The van der Waals surface area contributed by atoms with Crippen molar-refractivity contribution < 1.29 is 24.4 Å². The Morgan fingerprint density at radius 3 is 2.76 bits per heavy atom. The maximum absolute atomic E-state index is 13.6. The average molecular weight is 598 g/mol. The number of hydrogen-bond acceptors (Lipinski definition) is 6. The highest BCUT2D eigenvalue weighted by molar-refractivity contribution is 9.10. The molecule has 1 aliphatic carbocycles. The smallest absolute Gasteiger partial charge is 0.455 e. The Balaban J connectivity index is 1.39. The molecule has 1 aromatic carbocycles. The van der Waals surface area contributed by atoms with Crippen LogP contribution in [0.3, 0.4) is 0 Å². The number of nitrogens with zero attached hydrogens (tertiary/aromatic N) is 1. The Morgan fingerprint density at radius 1 is 1.24 bits per heavy atom. The summed E-state index contributed by atoms with van der Waals surface area (Å²) in [5.41, 5.74) is 4.24. The molecule has 0 radical (unpaired) electrons. The molecule has 0 spiro atoms. The fraction of sp³-hybridized carbons (Fsp3) is 0.448. The predicted molar refractivity (Wildman–Crippen MR) is 153 cm³/mol. The molecule has 0 unspecified atom stereocenters. The van der Waals surface area contributed by atoms with E-state index in [1.165, 1.54) is 16.0 Å². The van der Waals surface area contributed by atoms with Crippen LogP contribution in [0.2, 0.25) is 6.32 Å². The van der Waals surface area contributed by atoms with Gasteiger partial charge >= 0.3 is 7.12 Å². The van der Waals surface area contributed by atoms with E-state index in [4.69, 9.17) is 4.65 Å². The van der Waals surface area contributed by atoms with Crippen molar-refractivity contribution in [2.45, 2.75) is 64.9 Å². The van der Waals surface area contributed by atoms with Gasteiger partial charge in [-0.15, -0.1) is 11.3 Å². The highest BCUT2D eigenvalue weighted by Crippen LogP contribution is 2.51. The van der Waals surface area contributed by atoms with Crippen molar-refractivity contribution in [2.75, 3.05) is 0 Å². The molecule has 2 saturated heterocycles. The van der Waals surface area contributed by atoms with E-state index in [0.717, 1.165) is 39.7 Å². The highest BCUT2D eigenvalue weighted by atomic mass is 79.9. The lowest BCUT2D eigenvalue weighted by atomic mass is 9.58. The fourth-order valence-corrected chi connectivity index (χ4v) is 7.48. The van der Waals surface area contributed by atoms with Crippen LogP contribution >= 0.6 is 27.3 Å². The maximum atomic E-state index is 13.6. The van der Waals surface area contributed by atoms with Crippen molar-refractivity contribution in [3.8, 4) is 5.75 Å². The number of phenols is 1. The van der Waals surface area contributed by atoms with E-state index in [9.17, 15) is 19.7 Å². The van der Waals surface area contributed by atoms with E-state index in [1.807, 2.05) is 29.7 Å². The van der Waals surface area contributed by atoms with Crippen molar-refractivity contribution in [3.05, 3.63) is 67.3 Å². The molecule has 0 saturated carbocycles. The molecule has 3 aliphatic rings. The molecular weight excluding hydrogens is 565 g/mol. The summed E-state index contributed by atoms with van der Waals surface area (Å²) in [5.74, 6) is -0.949. The first-order chi connectivity index (χ1) is 18.3. The number of carbonyl (C=O) groups is 2. The average Bonchev–Trinajstić information content (AvgIpc) is 3.50. The molecule has 4 atom stereocenters. The van der Waals surface area contributed by atoms with Crippen LogP contribution in [0.4, 0.5) is 0 Å². The molecule has 2 N–H and O–H groups in total. The number of phenolic OH excluding ortho intramolecular Hbond substituents is 1. The van der Waals surface area contributed by atoms with Gasteiger partial charge in [0.1, 0.15) is 5.75 Å². The molecule has 5 rings (SSSR count). The first-order valence-electron chi connectivity index (χ1n) is 13.4. The second kappa shape index (κ2) is 11.5. The number of allylic oxidation sites excluding steroid dienone is 2. The largest absolute Gasteiger partial charge is 0.507 e. The van der Waals surface area contributed by atoms with Crippen LogP contribution in [0.1, 0.15) is 56.4 Å². The van der Waals surface area contributed by atoms with Crippen molar-refractivity contribution in [1.82, 2.24) is 4.90 Å². The second-order valence-corrected chi connectivity index (χ2v) is 12.4. The van der Waals surface area contributed by atoms with Crippen molar-refractivity contribution in [1.29, 1.82) is 0 Å². The van der Waals surface area contributed by atoms with Crippen LogP contribution in [-0.2, 0) is 20.8 Å². The van der Waals surface area contributed by atoms with E-state index in [-0.39, 0.29) is 35.5 Å². The Hall–Kier alpha value is -2.20. The van der Waals surface area contributed by atoms with Gasteiger partial charge in [0.2, 0.25) is 11.8 Å². The Labute approximate surface area is 236 Å². The van der Waals surface area contributed by atoms with E-state index >= 15 is 0 Å². The SMILES string of the molecule is CCC1=C2[C@@H](CC/C(=C/c3cc(Br)ccc3O)CC)OB(O)C[C@@H]2[C@@H]2C(=O)N(Cc3cccs3)C(=O)[C@@H]2C1. The lowest BCUT2D eigenvalue weighted by Gasteiger charge is -2.43. The van der Waals surface area contributed by atoms with Gasteiger partial charge in [0, 0.05) is 14.9 Å². The number of benzene rings is 1. The molecule has 6 nitrogen and oxygen atoms in total. The number of fused-ring (bicyclic) bond motifs is 3. The van der Waals surface area contributed by atoms with E-state index < -0.39 is 13.0 Å². The van der Waals surface area contributed by atoms with Gasteiger partial charge in [-0.25, -0.2) is 0 Å². The van der Waals surface area contributed by atoms with Crippen molar-refractivity contribution >= 4 is 52.3 Å². The lowest BCUT2D eigenvalue weighted by Crippen LogP contribution is -2.46. The third-order valence-electron chi connectivity index (χ3n) is 8.25. The number of amides is 2. The number of rotatable bonds is 8. The van der Waals surface area contributed by atoms with Crippen LogP contribution in [0, 0.1) is 17.8 Å². The van der Waals surface area contributed by atoms with Crippen LogP contribution in [0.25, 0.3) is 6.08 Å². The molecular formula is C29H33BBrNO5S. The Bertz CT molecular complexity index is 1280. The Kier molecular flexibility index (Phi) is 8.29. The molecule has 38 heavy (non-hydrogen) atoms. The summed E-state index contributed by atoms with van der Waals surface area (Å²) in [6, 6.07) is 9.26. The van der Waals surface area contributed by atoms with Gasteiger partial charge in [-0.1, -0.05) is 53.1 Å². The van der Waals surface area contributed by atoms with Crippen LogP contribution in [-0.4, -0.2) is 40.1 Å². The van der Waals surface area contributed by atoms with Gasteiger partial charge in [-0.3, -0.25) is 14.5 Å². The van der Waals surface area contributed by atoms with E-state index in [2.05, 4.69) is 29.8 Å². The lowest BCUT2D eigenvalue weighted by molar-refractivity contribution is -0.140. The van der Waals surface area contributed by atoms with Crippen LogP contribution < -0.4 is 0 Å². The number of thiophene rings is 1. The molecule has 2 fully saturated rings. The standard InChI is InChI=1S/C29H33BBrNO5S/c1-3-17(12-19-13-20(31)8-9-24(19)33)7-10-25-26-18(4-2)14-22-27(23(26)15-30(36)37-25)29(35)32(28(22)34)16-21-6-5-11-38-21/h5-6,8-9,11-13,22-23,25,27,33,36H,3-4,7,10,14-16H2,1-2H3/b17-12+/t22-,23+,25-,27-/m1/s1. The summed E-state index contributed by atoms with van der Waals surface area (Å²) in [7, 11) is -0.969. The summed E-state index contributed by atoms with van der Waals surface area (Å²) in [6.07, 6.45) is 5.64. The summed E-state index contributed by atoms with van der Waals surface area (Å²) in [4.78, 5) is 29.5. The number of hydrogen-bond donors (Lipinski definition) is 2. The molecule has 1 aromatic heterocycles. The summed E-state index contributed by atoms with van der Waals surface area (Å²) < 4.78 is 7.00. The van der Waals surface area contributed by atoms with Crippen molar-refractivity contribution in [2.24, 2.45) is 17.8 Å². The number of carbonyl (C=O) groups excluding carboxylic acids is 2. The molecule has 200 valence electrons. The zero-order valence-corrected chi connectivity index (χ0v) is 24.1. The third kappa shape index (κ3) is 5.31. The van der Waals surface area contributed by atoms with Crippen LogP contribution in [0.5, 0.6) is 5.75 Å². The van der Waals surface area contributed by atoms with E-state index in [1.54, 1.807) is 23.5 Å². The van der Waals surface area contributed by atoms with Gasteiger partial charge < -0.3 is 14.8 Å². The number of imide groups is 1.